The van der Waals surface area contributed by atoms with E-state index in [-0.39, 0.29) is 18.2 Å². The minimum atomic E-state index is -0.477. The molecule has 1 aromatic rings. The number of piperazine rings is 1. The van der Waals surface area contributed by atoms with Gasteiger partial charge in [0.25, 0.3) is 0 Å². The van der Waals surface area contributed by atoms with Crippen LogP contribution in [-0.4, -0.2) is 47.3 Å². The van der Waals surface area contributed by atoms with E-state index in [4.69, 9.17) is 9.47 Å². The summed E-state index contributed by atoms with van der Waals surface area (Å²) < 4.78 is 11.0. The van der Waals surface area contributed by atoms with E-state index >= 15 is 0 Å². The maximum atomic E-state index is 12.2. The first-order chi connectivity index (χ1) is 10.7. The smallest absolute Gasteiger partial charge is 0.410 e. The van der Waals surface area contributed by atoms with Crippen molar-refractivity contribution < 1.29 is 14.3 Å². The van der Waals surface area contributed by atoms with E-state index in [0.29, 0.717) is 19.0 Å². The summed E-state index contributed by atoms with van der Waals surface area (Å²) in [6.45, 7) is 11.5. The van der Waals surface area contributed by atoms with Crippen LogP contribution < -0.4 is 10.1 Å². The van der Waals surface area contributed by atoms with Gasteiger partial charge in [-0.15, -0.1) is 0 Å². The average Bonchev–Trinajstić information content (AvgIpc) is 2.46. The molecule has 2 rings (SSSR count). The van der Waals surface area contributed by atoms with E-state index in [9.17, 15) is 4.79 Å². The summed E-state index contributed by atoms with van der Waals surface area (Å²) in [7, 11) is 0. The van der Waals surface area contributed by atoms with Gasteiger partial charge in [-0.25, -0.2) is 9.78 Å². The number of ether oxygens (including phenoxy) is 2. The number of nitrogens with zero attached hydrogens (tertiary/aromatic N) is 2. The first-order valence-electron chi connectivity index (χ1n) is 8.08. The fourth-order valence-electron chi connectivity index (χ4n) is 2.37. The molecule has 6 nitrogen and oxygen atoms in total. The molecule has 0 bridgehead atoms. The van der Waals surface area contributed by atoms with Gasteiger partial charge in [-0.3, -0.25) is 0 Å². The summed E-state index contributed by atoms with van der Waals surface area (Å²) >= 11 is 0. The molecule has 0 radical (unpaired) electrons. The second kappa shape index (κ2) is 7.17. The maximum Gasteiger partial charge on any atom is 0.410 e. The Labute approximate surface area is 138 Å². The van der Waals surface area contributed by atoms with E-state index in [1.165, 1.54) is 0 Å². The van der Waals surface area contributed by atoms with Crippen LogP contribution in [0, 0.1) is 0 Å². The van der Waals surface area contributed by atoms with Gasteiger partial charge in [-0.1, -0.05) is 6.07 Å². The van der Waals surface area contributed by atoms with Crippen molar-refractivity contribution in [2.45, 2.75) is 52.4 Å². The van der Waals surface area contributed by atoms with Gasteiger partial charge in [-0.05, 0) is 40.2 Å². The lowest BCUT2D eigenvalue weighted by Gasteiger charge is -2.35. The van der Waals surface area contributed by atoms with Crippen LogP contribution in [0.4, 0.5) is 4.79 Å². The highest BCUT2D eigenvalue weighted by atomic mass is 16.6. The van der Waals surface area contributed by atoms with Crippen LogP contribution in [0.5, 0.6) is 5.88 Å². The number of amides is 1. The van der Waals surface area contributed by atoms with Gasteiger partial charge in [-0.2, -0.15) is 0 Å². The molecule has 23 heavy (non-hydrogen) atoms. The highest BCUT2D eigenvalue weighted by molar-refractivity contribution is 5.68. The predicted molar refractivity (Wildman–Crippen MR) is 88.6 cm³/mol. The molecule has 1 atom stereocenters. The molecule has 1 aromatic heterocycles. The molecule has 1 amide bonds. The van der Waals surface area contributed by atoms with Crippen molar-refractivity contribution in [1.29, 1.82) is 0 Å². The Kier molecular flexibility index (Phi) is 5.46. The summed E-state index contributed by atoms with van der Waals surface area (Å²) in [5.41, 5.74) is 0.559. The molecule has 2 heterocycles. The molecule has 1 unspecified atom stereocenters. The van der Waals surface area contributed by atoms with Crippen molar-refractivity contribution in [2.24, 2.45) is 0 Å². The summed E-state index contributed by atoms with van der Waals surface area (Å²) in [5, 5.41) is 3.41. The third kappa shape index (κ3) is 5.39. The fourth-order valence-corrected chi connectivity index (χ4v) is 2.37. The van der Waals surface area contributed by atoms with Crippen molar-refractivity contribution in [3.05, 3.63) is 23.9 Å². The van der Waals surface area contributed by atoms with Crippen molar-refractivity contribution in [1.82, 2.24) is 15.2 Å². The molecular formula is C17H27N3O3. The normalized spacial score (nSPS) is 18.9. The molecule has 128 valence electrons. The van der Waals surface area contributed by atoms with Crippen molar-refractivity contribution in [3.8, 4) is 5.88 Å². The molecule has 0 saturated carbocycles. The highest BCUT2D eigenvalue weighted by Gasteiger charge is 2.28. The van der Waals surface area contributed by atoms with Gasteiger partial charge in [0, 0.05) is 31.9 Å². The van der Waals surface area contributed by atoms with Crippen LogP contribution in [0.2, 0.25) is 0 Å². The molecule has 0 aromatic carbocycles. The van der Waals surface area contributed by atoms with Crippen LogP contribution in [0.15, 0.2) is 18.3 Å². The molecule has 1 aliphatic rings. The minimum absolute atomic E-state index is 0.0527. The van der Waals surface area contributed by atoms with E-state index in [1.807, 2.05) is 46.8 Å². The molecule has 6 heteroatoms. The van der Waals surface area contributed by atoms with E-state index in [1.54, 1.807) is 11.1 Å². The van der Waals surface area contributed by atoms with Crippen LogP contribution in [0.1, 0.15) is 46.2 Å². The highest BCUT2D eigenvalue weighted by Crippen LogP contribution is 2.20. The van der Waals surface area contributed by atoms with Crippen LogP contribution in [0.3, 0.4) is 0 Å². The van der Waals surface area contributed by atoms with Gasteiger partial charge in [0.1, 0.15) is 5.60 Å². The number of nitrogens with one attached hydrogen (secondary N) is 1. The maximum absolute atomic E-state index is 12.2. The third-order valence-corrected chi connectivity index (χ3v) is 3.35. The summed E-state index contributed by atoms with van der Waals surface area (Å²) in [5.74, 6) is 0.614. The Morgan fingerprint density at radius 3 is 2.70 bits per heavy atom. The monoisotopic (exact) mass is 321 g/mol. The van der Waals surface area contributed by atoms with E-state index < -0.39 is 5.60 Å². The molecule has 1 saturated heterocycles. The first kappa shape index (κ1) is 17.5. The molecule has 1 fully saturated rings. The lowest BCUT2D eigenvalue weighted by Crippen LogP contribution is -2.49. The minimum Gasteiger partial charge on any atom is -0.475 e. The number of pyridine rings is 1. The summed E-state index contributed by atoms with van der Waals surface area (Å²) in [4.78, 5) is 18.3. The quantitative estimate of drug-likeness (QED) is 0.927. The topological polar surface area (TPSA) is 63.7 Å². The summed E-state index contributed by atoms with van der Waals surface area (Å²) in [6, 6.07) is 3.90. The van der Waals surface area contributed by atoms with Gasteiger partial charge in [0.05, 0.1) is 12.1 Å². The molecule has 0 aliphatic carbocycles. The number of hydrogen-bond donors (Lipinski definition) is 1. The zero-order valence-corrected chi connectivity index (χ0v) is 14.6. The number of carbonyl (C=O) groups excluding carboxylic acids is 1. The van der Waals surface area contributed by atoms with Gasteiger partial charge < -0.3 is 19.7 Å². The Morgan fingerprint density at radius 2 is 2.13 bits per heavy atom. The van der Waals surface area contributed by atoms with Gasteiger partial charge in [0.15, 0.2) is 0 Å². The molecule has 1 aliphatic heterocycles. The standard InChI is InChI=1S/C17H27N3O3/c1-12(2)22-15-7-6-13(10-19-15)14-11-20(9-8-18-14)16(21)23-17(3,4)5/h6-7,10,12,14,18H,8-9,11H2,1-5H3. The van der Waals surface area contributed by atoms with Gasteiger partial charge >= 0.3 is 6.09 Å². The lowest BCUT2D eigenvalue weighted by atomic mass is 10.1. The Balaban J connectivity index is 1.99. The SMILES string of the molecule is CC(C)Oc1ccc(C2CN(C(=O)OC(C)(C)C)CCN2)cn1. The second-order valence-corrected chi connectivity index (χ2v) is 7.03. The average molecular weight is 321 g/mol. The zero-order valence-electron chi connectivity index (χ0n) is 14.6. The Morgan fingerprint density at radius 1 is 1.39 bits per heavy atom. The van der Waals surface area contributed by atoms with Crippen LogP contribution in [-0.2, 0) is 4.74 Å². The number of hydrogen-bond acceptors (Lipinski definition) is 5. The van der Waals surface area contributed by atoms with Crippen molar-refractivity contribution in [3.63, 3.8) is 0 Å². The molecule has 1 N–H and O–H groups in total. The molecular weight excluding hydrogens is 294 g/mol. The predicted octanol–water partition coefficient (Wildman–Crippen LogP) is 2.75. The van der Waals surface area contributed by atoms with Crippen LogP contribution >= 0.6 is 0 Å². The fraction of sp³-hybridized carbons (Fsp3) is 0.647. The number of aromatic nitrogens is 1. The Bertz CT molecular complexity index is 523. The number of rotatable bonds is 3. The Hall–Kier alpha value is -1.82. The van der Waals surface area contributed by atoms with E-state index in [2.05, 4.69) is 10.3 Å². The van der Waals surface area contributed by atoms with Crippen LogP contribution in [0.25, 0.3) is 0 Å². The second-order valence-electron chi connectivity index (χ2n) is 7.03. The summed E-state index contributed by atoms with van der Waals surface area (Å²) in [6.07, 6.45) is 1.63. The first-order valence-corrected chi connectivity index (χ1v) is 8.08. The zero-order chi connectivity index (χ0) is 17.0. The third-order valence-electron chi connectivity index (χ3n) is 3.35. The molecule has 0 spiro atoms. The number of carbonyl (C=O) groups is 1. The van der Waals surface area contributed by atoms with Gasteiger partial charge in [0.2, 0.25) is 5.88 Å². The van der Waals surface area contributed by atoms with Crippen molar-refractivity contribution >= 4 is 6.09 Å². The van der Waals surface area contributed by atoms with E-state index in [0.717, 1.165) is 12.1 Å². The largest absolute Gasteiger partial charge is 0.475 e. The van der Waals surface area contributed by atoms with Crippen molar-refractivity contribution in [2.75, 3.05) is 19.6 Å². The lowest BCUT2D eigenvalue weighted by molar-refractivity contribution is 0.0195.